The number of ether oxygens (including phenoxy) is 1. The van der Waals surface area contributed by atoms with Crippen molar-refractivity contribution in [2.45, 2.75) is 19.8 Å². The van der Waals surface area contributed by atoms with Gasteiger partial charge in [0.25, 0.3) is 11.9 Å². The molecule has 0 fully saturated rings. The molecule has 2 aliphatic heterocycles. The molecule has 3 heterocycles. The molecule has 1 aromatic rings. The normalized spacial score (nSPS) is 26.0. The molecule has 0 aromatic carbocycles. The molecule has 128 valence electrons. The fourth-order valence-electron chi connectivity index (χ4n) is 3.04. The number of aromatic nitrogens is 2. The quantitative estimate of drug-likeness (QED) is 0.789. The van der Waals surface area contributed by atoms with Gasteiger partial charge in [-0.15, -0.1) is 0 Å². The second kappa shape index (κ2) is 6.16. The number of nitrogens with zero attached hydrogens (tertiary/aromatic N) is 3. The Morgan fingerprint density at radius 2 is 2.28 bits per heavy atom. The molecule has 1 N–H and O–H groups in total. The SMILES string of the molecule is C[C@@H]1/C=N\C=C(/F)OC2=C3C=C(C=Cn4ncc(c43)C(=O)NC1)CC2. The van der Waals surface area contributed by atoms with Crippen LogP contribution in [0.25, 0.3) is 11.8 Å². The largest absolute Gasteiger partial charge is 0.434 e. The molecule has 1 atom stereocenters. The molecular formula is C18H17FN4O2. The van der Waals surface area contributed by atoms with Crippen LogP contribution in [0.1, 0.15) is 35.8 Å². The lowest BCUT2D eigenvalue weighted by Gasteiger charge is -2.18. The number of aliphatic imine (C=N–C) groups is 1. The molecule has 1 aliphatic carbocycles. The summed E-state index contributed by atoms with van der Waals surface area (Å²) in [6.45, 7) is 2.28. The fourth-order valence-corrected chi connectivity index (χ4v) is 3.04. The summed E-state index contributed by atoms with van der Waals surface area (Å²) in [4.78, 5) is 16.6. The van der Waals surface area contributed by atoms with E-state index in [2.05, 4.69) is 15.4 Å². The second-order valence-electron chi connectivity index (χ2n) is 6.24. The van der Waals surface area contributed by atoms with Crippen LogP contribution in [-0.4, -0.2) is 28.4 Å². The topological polar surface area (TPSA) is 68.5 Å². The van der Waals surface area contributed by atoms with Gasteiger partial charge < -0.3 is 10.1 Å². The molecule has 7 heteroatoms. The third-order valence-electron chi connectivity index (χ3n) is 4.32. The highest BCUT2D eigenvalue weighted by atomic mass is 19.1. The molecule has 4 rings (SSSR count). The second-order valence-corrected chi connectivity index (χ2v) is 6.24. The molecular weight excluding hydrogens is 323 g/mol. The van der Waals surface area contributed by atoms with Crippen molar-refractivity contribution in [2.75, 3.05) is 6.54 Å². The monoisotopic (exact) mass is 340 g/mol. The number of carbonyl (C=O) groups is 1. The van der Waals surface area contributed by atoms with Gasteiger partial charge in [-0.25, -0.2) is 4.68 Å². The van der Waals surface area contributed by atoms with Gasteiger partial charge in [-0.3, -0.25) is 9.79 Å². The number of carbonyl (C=O) groups excluding carboxylic acids is 1. The first-order valence-electron chi connectivity index (χ1n) is 8.16. The van der Waals surface area contributed by atoms with E-state index in [1.165, 1.54) is 6.20 Å². The van der Waals surface area contributed by atoms with Gasteiger partial charge in [0, 0.05) is 36.9 Å². The van der Waals surface area contributed by atoms with Crippen molar-refractivity contribution in [1.82, 2.24) is 15.1 Å². The first kappa shape index (κ1) is 15.6. The maximum Gasteiger partial charge on any atom is 0.296 e. The van der Waals surface area contributed by atoms with E-state index in [0.717, 1.165) is 18.2 Å². The van der Waals surface area contributed by atoms with E-state index in [1.807, 2.05) is 25.3 Å². The van der Waals surface area contributed by atoms with Crippen molar-refractivity contribution in [2.24, 2.45) is 10.9 Å². The molecule has 1 aromatic heterocycles. The molecule has 0 unspecified atom stereocenters. The van der Waals surface area contributed by atoms with E-state index in [0.29, 0.717) is 35.6 Å². The lowest BCUT2D eigenvalue weighted by atomic mass is 9.94. The predicted molar refractivity (Wildman–Crippen MR) is 92.1 cm³/mol. The standard InChI is InChI=1S/C18H17FN4O2/c1-11-7-20-10-16(19)25-15-3-2-12-4-5-23-17(13(15)6-12)14(9-22-23)18(24)21-8-11/h4-7,9-11H,2-3,8H2,1H3,(H,21,24)/b16-10+,20-7-/t11-/m1/s1. The summed E-state index contributed by atoms with van der Waals surface area (Å²) in [5.74, 6) is 0.202. The number of nitrogens with one attached hydrogen (secondary N) is 1. The zero-order valence-electron chi connectivity index (χ0n) is 13.7. The molecule has 2 bridgehead atoms. The van der Waals surface area contributed by atoms with E-state index in [1.54, 1.807) is 10.9 Å². The molecule has 0 saturated heterocycles. The Balaban J connectivity index is 1.89. The van der Waals surface area contributed by atoms with E-state index < -0.39 is 6.01 Å². The third kappa shape index (κ3) is 2.93. The van der Waals surface area contributed by atoms with Crippen LogP contribution in [0.4, 0.5) is 4.39 Å². The molecule has 0 spiro atoms. The molecule has 0 radical (unpaired) electrons. The average molecular weight is 340 g/mol. The number of hydrogen-bond acceptors (Lipinski definition) is 4. The molecule has 0 saturated carbocycles. The third-order valence-corrected chi connectivity index (χ3v) is 4.32. The van der Waals surface area contributed by atoms with Crippen molar-refractivity contribution in [1.29, 1.82) is 0 Å². The van der Waals surface area contributed by atoms with Crippen LogP contribution in [0.5, 0.6) is 0 Å². The Morgan fingerprint density at radius 1 is 1.40 bits per heavy atom. The van der Waals surface area contributed by atoms with Crippen LogP contribution in [0.2, 0.25) is 0 Å². The molecule has 25 heavy (non-hydrogen) atoms. The minimum atomic E-state index is -0.772. The lowest BCUT2D eigenvalue weighted by Crippen LogP contribution is -2.29. The Labute approximate surface area is 144 Å². The van der Waals surface area contributed by atoms with Crippen LogP contribution >= 0.6 is 0 Å². The summed E-state index contributed by atoms with van der Waals surface area (Å²) in [6, 6.07) is -0.772. The summed E-state index contributed by atoms with van der Waals surface area (Å²) in [5.41, 5.74) is 2.81. The van der Waals surface area contributed by atoms with Crippen molar-refractivity contribution in [3.8, 4) is 0 Å². The van der Waals surface area contributed by atoms with Gasteiger partial charge in [0.2, 0.25) is 0 Å². The predicted octanol–water partition coefficient (Wildman–Crippen LogP) is 3.03. The van der Waals surface area contributed by atoms with Gasteiger partial charge in [-0.1, -0.05) is 6.92 Å². The average Bonchev–Trinajstić information content (AvgIpc) is 2.96. The van der Waals surface area contributed by atoms with Gasteiger partial charge >= 0.3 is 0 Å². The van der Waals surface area contributed by atoms with E-state index in [9.17, 15) is 9.18 Å². The number of amides is 1. The van der Waals surface area contributed by atoms with Crippen LogP contribution in [0.15, 0.2) is 46.9 Å². The lowest BCUT2D eigenvalue weighted by molar-refractivity contribution is 0.0951. The zero-order chi connectivity index (χ0) is 17.4. The van der Waals surface area contributed by atoms with Crippen LogP contribution < -0.4 is 5.32 Å². The highest BCUT2D eigenvalue weighted by molar-refractivity contribution is 6.00. The Hall–Kier alpha value is -2.96. The van der Waals surface area contributed by atoms with Gasteiger partial charge in [0.1, 0.15) is 5.76 Å². The van der Waals surface area contributed by atoms with Gasteiger partial charge in [-0.2, -0.15) is 9.49 Å². The summed E-state index contributed by atoms with van der Waals surface area (Å²) in [7, 11) is 0. The summed E-state index contributed by atoms with van der Waals surface area (Å²) >= 11 is 0. The van der Waals surface area contributed by atoms with Crippen molar-refractivity contribution in [3.05, 3.63) is 53.2 Å². The van der Waals surface area contributed by atoms with Crippen LogP contribution in [-0.2, 0) is 4.74 Å². The highest BCUT2D eigenvalue weighted by Crippen LogP contribution is 2.37. The number of allylic oxidation sites excluding steroid dienone is 5. The first-order chi connectivity index (χ1) is 12.1. The summed E-state index contributed by atoms with van der Waals surface area (Å²) in [5, 5.41) is 7.16. The molecule has 6 nitrogen and oxygen atoms in total. The first-order valence-corrected chi connectivity index (χ1v) is 8.16. The Morgan fingerprint density at radius 3 is 3.16 bits per heavy atom. The number of hydrogen-bond donors (Lipinski definition) is 1. The van der Waals surface area contributed by atoms with E-state index in [4.69, 9.17) is 4.74 Å². The maximum absolute atomic E-state index is 14.1. The van der Waals surface area contributed by atoms with Gasteiger partial charge in [0.05, 0.1) is 23.7 Å². The van der Waals surface area contributed by atoms with Gasteiger partial charge in [0.15, 0.2) is 0 Å². The number of halogens is 1. The fraction of sp³-hybridized carbons (Fsp3) is 0.278. The zero-order valence-corrected chi connectivity index (χ0v) is 13.7. The molecule has 3 aliphatic rings. The maximum atomic E-state index is 14.1. The highest BCUT2D eigenvalue weighted by Gasteiger charge is 2.27. The van der Waals surface area contributed by atoms with E-state index in [-0.39, 0.29) is 11.8 Å². The van der Waals surface area contributed by atoms with Crippen LogP contribution in [0, 0.1) is 5.92 Å². The smallest absolute Gasteiger partial charge is 0.296 e. The van der Waals surface area contributed by atoms with Crippen molar-refractivity contribution < 1.29 is 13.9 Å². The Bertz CT molecular complexity index is 889. The number of rotatable bonds is 0. The van der Waals surface area contributed by atoms with E-state index >= 15 is 0 Å². The molecule has 1 amide bonds. The van der Waals surface area contributed by atoms with Crippen LogP contribution in [0.3, 0.4) is 0 Å². The van der Waals surface area contributed by atoms with Gasteiger partial charge in [-0.05, 0) is 24.1 Å². The minimum absolute atomic E-state index is 0.0445. The Kier molecular flexibility index (Phi) is 3.83. The minimum Gasteiger partial charge on any atom is -0.434 e. The van der Waals surface area contributed by atoms with Crippen molar-refractivity contribution in [3.63, 3.8) is 0 Å². The van der Waals surface area contributed by atoms with Crippen molar-refractivity contribution >= 4 is 23.9 Å². The summed E-state index contributed by atoms with van der Waals surface area (Å²) < 4.78 is 21.2. The summed E-state index contributed by atoms with van der Waals surface area (Å²) in [6.07, 6.45) is 11.1.